The number of hydrogen-bond donors (Lipinski definition) is 1. The molecule has 1 unspecified atom stereocenters. The van der Waals surface area contributed by atoms with Crippen molar-refractivity contribution in [3.05, 3.63) is 23.9 Å². The smallest absolute Gasteiger partial charge is 0.306 e. The van der Waals surface area contributed by atoms with Gasteiger partial charge in [-0.05, 0) is 31.4 Å². The molecule has 1 saturated heterocycles. The number of allylic oxidation sites excluding steroid dienone is 3. The molecule has 1 aliphatic carbocycles. The molecule has 1 fully saturated rings. The van der Waals surface area contributed by atoms with Crippen molar-refractivity contribution >= 4 is 17.5 Å². The van der Waals surface area contributed by atoms with Gasteiger partial charge in [-0.3, -0.25) is 9.59 Å². The van der Waals surface area contributed by atoms with Crippen LogP contribution < -0.4 is 0 Å². The van der Waals surface area contributed by atoms with Gasteiger partial charge in [-0.25, -0.2) is 0 Å². The maximum absolute atomic E-state index is 11.6. The Balaban J connectivity index is 1.92. The van der Waals surface area contributed by atoms with E-state index in [1.807, 2.05) is 0 Å². The first-order valence-corrected chi connectivity index (χ1v) is 6.70. The molecule has 6 nitrogen and oxygen atoms in total. The lowest BCUT2D eigenvalue weighted by Gasteiger charge is -2.21. The third-order valence-corrected chi connectivity index (χ3v) is 3.46. The molecule has 0 radical (unpaired) electrons. The average Bonchev–Trinajstić information content (AvgIpc) is 2.87. The summed E-state index contributed by atoms with van der Waals surface area (Å²) in [5.74, 6) is -0.219. The van der Waals surface area contributed by atoms with Gasteiger partial charge < -0.3 is 14.8 Å². The number of ether oxygens (including phenoxy) is 1. The lowest BCUT2D eigenvalue weighted by atomic mass is 10.1. The highest BCUT2D eigenvalue weighted by molar-refractivity contribution is 6.48. The molecule has 108 valence electrons. The van der Waals surface area contributed by atoms with Crippen LogP contribution in [0.15, 0.2) is 29.1 Å². The molecule has 6 heteroatoms. The minimum Gasteiger partial charge on any atom is -0.466 e. The number of likely N-dealkylation sites (tertiary alicyclic amines) is 1. The van der Waals surface area contributed by atoms with E-state index in [4.69, 9.17) is 9.94 Å². The van der Waals surface area contributed by atoms with Crippen molar-refractivity contribution < 1.29 is 19.5 Å². The molecular weight excluding hydrogens is 260 g/mol. The zero-order valence-corrected chi connectivity index (χ0v) is 11.4. The number of hydrogen-bond acceptors (Lipinski definition) is 6. The Labute approximate surface area is 117 Å². The number of ketones is 1. The highest BCUT2D eigenvalue weighted by Crippen LogP contribution is 2.25. The summed E-state index contributed by atoms with van der Waals surface area (Å²) in [6.45, 7) is 3.73. The van der Waals surface area contributed by atoms with E-state index in [-0.39, 0.29) is 23.4 Å². The third-order valence-electron chi connectivity index (χ3n) is 3.46. The van der Waals surface area contributed by atoms with Gasteiger partial charge in [-0.1, -0.05) is 5.16 Å². The van der Waals surface area contributed by atoms with Crippen LogP contribution in [0, 0.1) is 5.92 Å². The molecule has 0 aromatic carbocycles. The predicted molar refractivity (Wildman–Crippen MR) is 72.4 cm³/mol. The molecule has 1 aliphatic heterocycles. The van der Waals surface area contributed by atoms with Crippen LogP contribution >= 0.6 is 0 Å². The van der Waals surface area contributed by atoms with Crippen LogP contribution in [0.2, 0.25) is 0 Å². The van der Waals surface area contributed by atoms with E-state index >= 15 is 0 Å². The van der Waals surface area contributed by atoms with E-state index < -0.39 is 0 Å². The summed E-state index contributed by atoms with van der Waals surface area (Å²) in [6, 6.07) is 0. The fourth-order valence-electron chi connectivity index (χ4n) is 2.47. The fraction of sp³-hybridized carbons (Fsp3) is 0.500. The van der Waals surface area contributed by atoms with Crippen molar-refractivity contribution in [1.82, 2.24) is 4.90 Å². The number of rotatable bonds is 4. The summed E-state index contributed by atoms with van der Waals surface area (Å²) >= 11 is 0. The van der Waals surface area contributed by atoms with Crippen LogP contribution in [0.3, 0.4) is 0 Å². The Morgan fingerprint density at radius 3 is 3.00 bits per heavy atom. The maximum Gasteiger partial charge on any atom is 0.306 e. The predicted octanol–water partition coefficient (Wildman–Crippen LogP) is 1.11. The summed E-state index contributed by atoms with van der Waals surface area (Å²) < 4.78 is 4.95. The van der Waals surface area contributed by atoms with Crippen LogP contribution in [0.25, 0.3) is 0 Å². The van der Waals surface area contributed by atoms with Gasteiger partial charge in [0, 0.05) is 24.9 Å². The second-order valence-corrected chi connectivity index (χ2v) is 4.86. The fourth-order valence-corrected chi connectivity index (χ4v) is 2.47. The molecule has 1 heterocycles. The molecule has 0 amide bonds. The van der Waals surface area contributed by atoms with E-state index in [1.54, 1.807) is 13.0 Å². The summed E-state index contributed by atoms with van der Waals surface area (Å²) in [6.07, 6.45) is 6.03. The second kappa shape index (κ2) is 6.36. The lowest BCUT2D eigenvalue weighted by molar-refractivity contribution is -0.144. The normalized spacial score (nSPS) is 24.1. The number of nitrogens with zero attached hydrogens (tertiary/aromatic N) is 2. The Morgan fingerprint density at radius 1 is 1.55 bits per heavy atom. The first kappa shape index (κ1) is 14.3. The van der Waals surface area contributed by atoms with Gasteiger partial charge in [0.1, 0.15) is 5.71 Å². The molecule has 0 saturated carbocycles. The molecule has 2 aliphatic rings. The van der Waals surface area contributed by atoms with Crippen LogP contribution in [0.4, 0.5) is 0 Å². The van der Waals surface area contributed by atoms with Gasteiger partial charge in [0.2, 0.25) is 5.78 Å². The van der Waals surface area contributed by atoms with E-state index in [0.29, 0.717) is 13.0 Å². The monoisotopic (exact) mass is 278 g/mol. The van der Waals surface area contributed by atoms with Gasteiger partial charge in [-0.15, -0.1) is 0 Å². The Kier molecular flexibility index (Phi) is 4.55. The highest BCUT2D eigenvalue weighted by atomic mass is 16.5. The quantitative estimate of drug-likeness (QED) is 0.361. The zero-order valence-electron chi connectivity index (χ0n) is 11.4. The molecular formula is C14H18N2O4. The maximum atomic E-state index is 11.6. The van der Waals surface area contributed by atoms with E-state index in [2.05, 4.69) is 10.1 Å². The van der Waals surface area contributed by atoms with Gasteiger partial charge in [-0.2, -0.15) is 0 Å². The van der Waals surface area contributed by atoms with E-state index in [9.17, 15) is 9.59 Å². The van der Waals surface area contributed by atoms with Crippen molar-refractivity contribution in [2.75, 3.05) is 19.7 Å². The van der Waals surface area contributed by atoms with Crippen LogP contribution in [0.1, 0.15) is 19.8 Å². The second-order valence-electron chi connectivity index (χ2n) is 4.86. The summed E-state index contributed by atoms with van der Waals surface area (Å²) in [7, 11) is 0. The number of esters is 1. The number of carbonyl (C=O) groups excluding carboxylic acids is 2. The minimum absolute atomic E-state index is 0.0380. The Morgan fingerprint density at radius 2 is 2.35 bits per heavy atom. The molecule has 20 heavy (non-hydrogen) atoms. The van der Waals surface area contributed by atoms with Crippen molar-refractivity contribution in [2.45, 2.75) is 19.8 Å². The summed E-state index contributed by atoms with van der Waals surface area (Å²) in [4.78, 5) is 25.1. The molecule has 2 rings (SSSR count). The van der Waals surface area contributed by atoms with E-state index in [0.717, 1.165) is 25.2 Å². The van der Waals surface area contributed by atoms with Gasteiger partial charge in [0.25, 0.3) is 0 Å². The SMILES string of the molecule is CCOC(=O)CC1CCN(C2=CC(=O)C(=NO)C=C2)C1. The first-order valence-electron chi connectivity index (χ1n) is 6.70. The van der Waals surface area contributed by atoms with Crippen molar-refractivity contribution in [3.63, 3.8) is 0 Å². The number of carbonyl (C=O) groups is 2. The standard InChI is InChI=1S/C14H18N2O4/c1-2-20-14(18)7-10-5-6-16(9-10)11-3-4-12(15-19)13(17)8-11/h3-4,8,10,19H,2,5-7,9H2,1H3. The number of oxime groups is 1. The minimum atomic E-state index is -0.307. The van der Waals surface area contributed by atoms with Crippen molar-refractivity contribution in [2.24, 2.45) is 11.1 Å². The Bertz CT molecular complexity index is 493. The lowest BCUT2D eigenvalue weighted by Crippen LogP contribution is -2.24. The van der Waals surface area contributed by atoms with Gasteiger partial charge in [0.05, 0.1) is 13.0 Å². The van der Waals surface area contributed by atoms with Gasteiger partial charge >= 0.3 is 5.97 Å². The van der Waals surface area contributed by atoms with Crippen LogP contribution in [-0.4, -0.2) is 47.3 Å². The first-order chi connectivity index (χ1) is 9.63. The van der Waals surface area contributed by atoms with Crippen molar-refractivity contribution in [1.29, 1.82) is 0 Å². The summed E-state index contributed by atoms with van der Waals surface area (Å²) in [5, 5.41) is 11.5. The largest absolute Gasteiger partial charge is 0.466 e. The topological polar surface area (TPSA) is 79.2 Å². The third kappa shape index (κ3) is 3.26. The van der Waals surface area contributed by atoms with Crippen molar-refractivity contribution in [3.8, 4) is 0 Å². The average molecular weight is 278 g/mol. The molecule has 0 bridgehead atoms. The molecule has 1 atom stereocenters. The zero-order chi connectivity index (χ0) is 14.5. The summed E-state index contributed by atoms with van der Waals surface area (Å²) in [5.41, 5.74) is 0.838. The Hall–Kier alpha value is -2.11. The van der Waals surface area contributed by atoms with Crippen LogP contribution in [0.5, 0.6) is 0 Å². The van der Waals surface area contributed by atoms with E-state index in [1.165, 1.54) is 12.2 Å². The van der Waals surface area contributed by atoms with Gasteiger partial charge in [0.15, 0.2) is 0 Å². The van der Waals surface area contributed by atoms with Crippen LogP contribution in [-0.2, 0) is 14.3 Å². The molecule has 0 aromatic rings. The molecule has 1 N–H and O–H groups in total. The highest BCUT2D eigenvalue weighted by Gasteiger charge is 2.27. The molecule has 0 aromatic heterocycles. The molecule has 0 spiro atoms.